The molecule has 0 bridgehead atoms. The largest absolute Gasteiger partial charge is 0.469 e. The maximum atomic E-state index is 11.9. The first kappa shape index (κ1) is 14.9. The van der Waals surface area contributed by atoms with E-state index in [0.717, 1.165) is 11.6 Å². The van der Waals surface area contributed by atoms with Crippen LogP contribution in [0.25, 0.3) is 0 Å². The average molecular weight is 288 g/mol. The topological polar surface area (TPSA) is 70.4 Å². The molecule has 2 rings (SSSR count). The molecule has 0 saturated heterocycles. The summed E-state index contributed by atoms with van der Waals surface area (Å²) in [7, 11) is 3.83. The zero-order chi connectivity index (χ0) is 15.2. The van der Waals surface area contributed by atoms with Gasteiger partial charge in [-0.25, -0.2) is 9.78 Å². The molecular formula is C15H20N4O2. The number of urea groups is 1. The van der Waals surface area contributed by atoms with Crippen molar-refractivity contribution < 1.29 is 9.21 Å². The number of hydrogen-bond acceptors (Lipinski definition) is 4. The lowest BCUT2D eigenvalue weighted by atomic mass is 10.2. The number of anilines is 2. The van der Waals surface area contributed by atoms with Gasteiger partial charge in [0.25, 0.3) is 0 Å². The first-order valence-corrected chi connectivity index (χ1v) is 6.78. The predicted molar refractivity (Wildman–Crippen MR) is 82.6 cm³/mol. The van der Waals surface area contributed by atoms with Gasteiger partial charge in [-0.2, -0.15) is 0 Å². The number of amides is 2. The first-order chi connectivity index (χ1) is 10.0. The summed E-state index contributed by atoms with van der Waals surface area (Å²) in [5, 5.41) is 5.61. The van der Waals surface area contributed by atoms with Gasteiger partial charge >= 0.3 is 6.03 Å². The second-order valence-electron chi connectivity index (χ2n) is 5.08. The van der Waals surface area contributed by atoms with E-state index >= 15 is 0 Å². The van der Waals surface area contributed by atoms with Gasteiger partial charge in [-0.05, 0) is 31.2 Å². The van der Waals surface area contributed by atoms with E-state index in [4.69, 9.17) is 4.42 Å². The van der Waals surface area contributed by atoms with Crippen molar-refractivity contribution in [3.8, 4) is 0 Å². The van der Waals surface area contributed by atoms with E-state index in [-0.39, 0.29) is 12.1 Å². The number of furan rings is 1. The Morgan fingerprint density at radius 1 is 1.38 bits per heavy atom. The standard InChI is InChI=1S/C15H20N4O2/c1-11(9-13-5-4-8-21-13)17-15(20)18-12-6-7-14(16-10-12)19(2)3/h4-8,10-11H,9H2,1-3H3,(H2,17,18,20)/t11-/m0/s1. The third-order valence-electron chi connectivity index (χ3n) is 2.93. The van der Waals surface area contributed by atoms with E-state index < -0.39 is 0 Å². The summed E-state index contributed by atoms with van der Waals surface area (Å²) in [6.45, 7) is 1.93. The van der Waals surface area contributed by atoms with Gasteiger partial charge in [0.15, 0.2) is 0 Å². The molecule has 0 fully saturated rings. The van der Waals surface area contributed by atoms with Gasteiger partial charge in [0, 0.05) is 26.6 Å². The van der Waals surface area contributed by atoms with Crippen LogP contribution in [0.4, 0.5) is 16.3 Å². The normalized spacial score (nSPS) is 11.8. The molecule has 0 radical (unpaired) electrons. The van der Waals surface area contributed by atoms with Gasteiger partial charge in [-0.3, -0.25) is 0 Å². The Kier molecular flexibility index (Phi) is 4.81. The van der Waals surface area contributed by atoms with Crippen LogP contribution in [-0.4, -0.2) is 31.2 Å². The van der Waals surface area contributed by atoms with E-state index in [1.54, 1.807) is 12.5 Å². The fraction of sp³-hybridized carbons (Fsp3) is 0.333. The number of nitrogens with zero attached hydrogens (tertiary/aromatic N) is 2. The lowest BCUT2D eigenvalue weighted by Crippen LogP contribution is -2.37. The molecule has 2 aromatic heterocycles. The summed E-state index contributed by atoms with van der Waals surface area (Å²) in [6.07, 6.45) is 3.91. The Hall–Kier alpha value is -2.50. The molecule has 0 aliphatic carbocycles. The van der Waals surface area contributed by atoms with Crippen LogP contribution in [0.1, 0.15) is 12.7 Å². The number of aromatic nitrogens is 1. The molecule has 6 heteroatoms. The SMILES string of the molecule is C[C@@H](Cc1ccco1)NC(=O)Nc1ccc(N(C)C)nc1. The zero-order valence-corrected chi connectivity index (χ0v) is 12.5. The average Bonchev–Trinajstić information content (AvgIpc) is 2.91. The van der Waals surface area contributed by atoms with Crippen molar-refractivity contribution in [2.45, 2.75) is 19.4 Å². The first-order valence-electron chi connectivity index (χ1n) is 6.78. The third-order valence-corrected chi connectivity index (χ3v) is 2.93. The highest BCUT2D eigenvalue weighted by atomic mass is 16.3. The molecule has 0 aliphatic rings. The van der Waals surface area contributed by atoms with Crippen molar-refractivity contribution in [1.29, 1.82) is 0 Å². The van der Waals surface area contributed by atoms with Gasteiger partial charge in [0.2, 0.25) is 0 Å². The summed E-state index contributed by atoms with van der Waals surface area (Å²) in [4.78, 5) is 18.0. The summed E-state index contributed by atoms with van der Waals surface area (Å²) in [5.74, 6) is 1.69. The zero-order valence-electron chi connectivity index (χ0n) is 12.5. The predicted octanol–water partition coefficient (Wildman–Crippen LogP) is 2.49. The van der Waals surface area contributed by atoms with Crippen molar-refractivity contribution in [2.24, 2.45) is 0 Å². The van der Waals surface area contributed by atoms with Crippen LogP contribution in [0.15, 0.2) is 41.1 Å². The molecule has 0 aromatic carbocycles. The molecule has 2 heterocycles. The van der Waals surface area contributed by atoms with Gasteiger partial charge in [0.05, 0.1) is 18.1 Å². The molecule has 6 nitrogen and oxygen atoms in total. The van der Waals surface area contributed by atoms with E-state index in [2.05, 4.69) is 15.6 Å². The van der Waals surface area contributed by atoms with E-state index in [1.807, 2.05) is 50.2 Å². The Morgan fingerprint density at radius 3 is 2.76 bits per heavy atom. The highest BCUT2D eigenvalue weighted by molar-refractivity contribution is 5.89. The Labute approximate surface area is 124 Å². The minimum atomic E-state index is -0.256. The smallest absolute Gasteiger partial charge is 0.319 e. The molecule has 0 saturated carbocycles. The van der Waals surface area contributed by atoms with Crippen LogP contribution in [0.2, 0.25) is 0 Å². The van der Waals surface area contributed by atoms with E-state index in [9.17, 15) is 4.79 Å². The molecule has 1 atom stereocenters. The minimum absolute atomic E-state index is 0.0230. The molecular weight excluding hydrogens is 268 g/mol. The Bertz CT molecular complexity index is 564. The van der Waals surface area contributed by atoms with Crippen LogP contribution in [0.3, 0.4) is 0 Å². The van der Waals surface area contributed by atoms with Gasteiger partial charge < -0.3 is 20.0 Å². The van der Waals surface area contributed by atoms with E-state index in [1.165, 1.54) is 0 Å². The van der Waals surface area contributed by atoms with Crippen molar-refractivity contribution >= 4 is 17.5 Å². The second-order valence-corrected chi connectivity index (χ2v) is 5.08. The van der Waals surface area contributed by atoms with Crippen LogP contribution in [0.5, 0.6) is 0 Å². The number of nitrogens with one attached hydrogen (secondary N) is 2. The minimum Gasteiger partial charge on any atom is -0.469 e. The maximum absolute atomic E-state index is 11.9. The third kappa shape index (κ3) is 4.52. The molecule has 0 spiro atoms. The van der Waals surface area contributed by atoms with Crippen LogP contribution in [0, 0.1) is 0 Å². The Morgan fingerprint density at radius 2 is 2.19 bits per heavy atom. The lowest BCUT2D eigenvalue weighted by molar-refractivity contribution is 0.248. The molecule has 0 aliphatic heterocycles. The quantitative estimate of drug-likeness (QED) is 0.887. The number of rotatable bonds is 5. The fourth-order valence-electron chi connectivity index (χ4n) is 1.90. The maximum Gasteiger partial charge on any atom is 0.319 e. The molecule has 2 N–H and O–H groups in total. The summed E-state index contributed by atoms with van der Waals surface area (Å²) < 4.78 is 5.25. The van der Waals surface area contributed by atoms with Gasteiger partial charge in [0.1, 0.15) is 11.6 Å². The molecule has 2 amide bonds. The molecule has 21 heavy (non-hydrogen) atoms. The van der Waals surface area contributed by atoms with Gasteiger partial charge in [-0.1, -0.05) is 0 Å². The molecule has 2 aromatic rings. The Balaban J connectivity index is 1.83. The monoisotopic (exact) mass is 288 g/mol. The summed E-state index contributed by atoms with van der Waals surface area (Å²) in [6, 6.07) is 7.11. The van der Waals surface area contributed by atoms with Crippen LogP contribution < -0.4 is 15.5 Å². The molecule has 0 unspecified atom stereocenters. The summed E-state index contributed by atoms with van der Waals surface area (Å²) in [5.41, 5.74) is 0.656. The number of hydrogen-bond donors (Lipinski definition) is 2. The summed E-state index contributed by atoms with van der Waals surface area (Å²) >= 11 is 0. The van der Waals surface area contributed by atoms with Crippen LogP contribution >= 0.6 is 0 Å². The molecule has 112 valence electrons. The highest BCUT2D eigenvalue weighted by Crippen LogP contribution is 2.11. The fourth-order valence-corrected chi connectivity index (χ4v) is 1.90. The highest BCUT2D eigenvalue weighted by Gasteiger charge is 2.10. The number of pyridine rings is 1. The number of carbonyl (C=O) groups is 1. The van der Waals surface area contributed by atoms with Crippen molar-refractivity contribution in [1.82, 2.24) is 10.3 Å². The number of carbonyl (C=O) groups excluding carboxylic acids is 1. The van der Waals surface area contributed by atoms with Crippen molar-refractivity contribution in [3.63, 3.8) is 0 Å². The van der Waals surface area contributed by atoms with Crippen LogP contribution in [-0.2, 0) is 6.42 Å². The van der Waals surface area contributed by atoms with E-state index in [0.29, 0.717) is 12.1 Å². The lowest BCUT2D eigenvalue weighted by Gasteiger charge is -2.14. The van der Waals surface area contributed by atoms with Gasteiger partial charge in [-0.15, -0.1) is 0 Å². The van der Waals surface area contributed by atoms with Crippen molar-refractivity contribution in [2.75, 3.05) is 24.3 Å². The second kappa shape index (κ2) is 6.78. The van der Waals surface area contributed by atoms with Crippen molar-refractivity contribution in [3.05, 3.63) is 42.5 Å².